The summed E-state index contributed by atoms with van der Waals surface area (Å²) in [6.45, 7) is 0. The third-order valence-electron chi connectivity index (χ3n) is 6.98. The lowest BCUT2D eigenvalue weighted by molar-refractivity contribution is 0.168. The fraction of sp³-hybridized carbons (Fsp3) is 0.455. The summed E-state index contributed by atoms with van der Waals surface area (Å²) in [6.07, 6.45) is 5.87. The van der Waals surface area contributed by atoms with Crippen molar-refractivity contribution >= 4 is 0 Å². The minimum absolute atomic E-state index is 0.846. The van der Waals surface area contributed by atoms with Crippen molar-refractivity contribution in [1.82, 2.24) is 0 Å². The molecule has 3 saturated carbocycles. The third kappa shape index (κ3) is 1.76. The maximum Gasteiger partial charge on any atom is -0.00995 e. The Morgan fingerprint density at radius 3 is 1.09 bits per heavy atom. The van der Waals surface area contributed by atoms with E-state index in [9.17, 15) is 0 Å². The van der Waals surface area contributed by atoms with Gasteiger partial charge in [0, 0.05) is 0 Å². The minimum atomic E-state index is 0.846. The van der Waals surface area contributed by atoms with E-state index in [1.807, 2.05) is 0 Å². The summed E-state index contributed by atoms with van der Waals surface area (Å²) in [5.74, 6) is 5.40. The molecule has 0 heteroatoms. The summed E-state index contributed by atoms with van der Waals surface area (Å²) in [5.41, 5.74) is 3.25. The van der Waals surface area contributed by atoms with Gasteiger partial charge in [-0.1, -0.05) is 60.7 Å². The van der Waals surface area contributed by atoms with Crippen molar-refractivity contribution in [3.63, 3.8) is 0 Å². The van der Waals surface area contributed by atoms with Crippen LogP contribution in [0.5, 0.6) is 0 Å². The van der Waals surface area contributed by atoms with Crippen LogP contribution in [0.1, 0.15) is 48.6 Å². The van der Waals surface area contributed by atoms with Crippen molar-refractivity contribution in [2.75, 3.05) is 0 Å². The van der Waals surface area contributed by atoms with Crippen LogP contribution in [0.2, 0.25) is 0 Å². The molecular weight excluding hydrogens is 264 g/mol. The standard InChI is InChI=1S/C22H24/c1-3-7-15(8-4-1)21-17-11-12-18(21)20-14-13-19(17)22(20)16-9-5-2-6-10-16/h1-10,17-22H,11-14H2/t17-,18-,19-,20+,21?,22?/m0/s1. The van der Waals surface area contributed by atoms with Crippen LogP contribution in [-0.4, -0.2) is 0 Å². The summed E-state index contributed by atoms with van der Waals surface area (Å²) in [7, 11) is 0. The highest BCUT2D eigenvalue weighted by atomic mass is 14.6. The zero-order valence-corrected chi connectivity index (χ0v) is 13.1. The molecule has 3 aliphatic rings. The first-order valence-electron chi connectivity index (χ1n) is 9.03. The second-order valence-electron chi connectivity index (χ2n) is 7.68. The van der Waals surface area contributed by atoms with Gasteiger partial charge in [0.15, 0.2) is 0 Å². The Hall–Kier alpha value is -1.56. The van der Waals surface area contributed by atoms with Crippen molar-refractivity contribution < 1.29 is 0 Å². The van der Waals surface area contributed by atoms with Crippen LogP contribution < -0.4 is 0 Å². The summed E-state index contributed by atoms with van der Waals surface area (Å²) in [5, 5.41) is 0. The van der Waals surface area contributed by atoms with Gasteiger partial charge in [-0.3, -0.25) is 0 Å². The zero-order chi connectivity index (χ0) is 14.5. The minimum Gasteiger partial charge on any atom is -0.0622 e. The topological polar surface area (TPSA) is 0 Å². The Morgan fingerprint density at radius 1 is 0.455 bits per heavy atom. The van der Waals surface area contributed by atoms with E-state index in [0.29, 0.717) is 0 Å². The van der Waals surface area contributed by atoms with Gasteiger partial charge in [-0.15, -0.1) is 0 Å². The molecule has 3 fully saturated rings. The molecule has 3 aliphatic carbocycles. The Balaban J connectivity index is 1.55. The van der Waals surface area contributed by atoms with Gasteiger partial charge in [-0.05, 0) is 72.3 Å². The summed E-state index contributed by atoms with van der Waals surface area (Å²) in [6, 6.07) is 22.8. The first-order valence-corrected chi connectivity index (χ1v) is 9.03. The highest BCUT2D eigenvalue weighted by Crippen LogP contribution is 2.67. The van der Waals surface area contributed by atoms with Crippen LogP contribution in [0.3, 0.4) is 0 Å². The molecule has 6 atom stereocenters. The Labute approximate surface area is 133 Å². The Bertz CT molecular complexity index is 565. The summed E-state index contributed by atoms with van der Waals surface area (Å²) >= 11 is 0. The molecule has 5 rings (SSSR count). The van der Waals surface area contributed by atoms with Gasteiger partial charge in [0.2, 0.25) is 0 Å². The molecule has 0 nitrogen and oxygen atoms in total. The van der Waals surface area contributed by atoms with Crippen LogP contribution in [0.25, 0.3) is 0 Å². The lowest BCUT2D eigenvalue weighted by Gasteiger charge is -2.42. The first-order chi connectivity index (χ1) is 10.9. The number of benzene rings is 2. The van der Waals surface area contributed by atoms with E-state index in [-0.39, 0.29) is 0 Å². The number of hydrogen-bond donors (Lipinski definition) is 0. The number of rotatable bonds is 2. The smallest absolute Gasteiger partial charge is 0.00995 e. The predicted molar refractivity (Wildman–Crippen MR) is 90.8 cm³/mol. The van der Waals surface area contributed by atoms with Crippen LogP contribution in [0.4, 0.5) is 0 Å². The molecule has 2 unspecified atom stereocenters. The summed E-state index contributed by atoms with van der Waals surface area (Å²) < 4.78 is 0. The average Bonchev–Trinajstić information content (AvgIpc) is 3.11. The van der Waals surface area contributed by atoms with E-state index >= 15 is 0 Å². The molecule has 22 heavy (non-hydrogen) atoms. The maximum absolute atomic E-state index is 2.39. The Kier molecular flexibility index (Phi) is 2.93. The molecule has 0 amide bonds. The molecule has 0 aliphatic heterocycles. The van der Waals surface area contributed by atoms with Gasteiger partial charge in [0.05, 0.1) is 0 Å². The van der Waals surface area contributed by atoms with Gasteiger partial charge < -0.3 is 0 Å². The van der Waals surface area contributed by atoms with Crippen LogP contribution in [0.15, 0.2) is 60.7 Å². The monoisotopic (exact) mass is 288 g/mol. The fourth-order valence-corrected chi connectivity index (χ4v) is 6.38. The molecule has 0 aromatic heterocycles. The molecule has 2 aromatic rings. The fourth-order valence-electron chi connectivity index (χ4n) is 6.38. The Morgan fingerprint density at radius 2 is 0.773 bits per heavy atom. The molecule has 4 bridgehead atoms. The molecule has 0 saturated heterocycles. The van der Waals surface area contributed by atoms with Crippen molar-refractivity contribution in [3.05, 3.63) is 71.8 Å². The van der Waals surface area contributed by atoms with Gasteiger partial charge >= 0.3 is 0 Å². The van der Waals surface area contributed by atoms with Crippen molar-refractivity contribution in [3.8, 4) is 0 Å². The number of hydrogen-bond acceptors (Lipinski definition) is 0. The first kappa shape index (κ1) is 12.9. The quantitative estimate of drug-likeness (QED) is 0.672. The second-order valence-corrected chi connectivity index (χ2v) is 7.68. The van der Waals surface area contributed by atoms with Crippen molar-refractivity contribution in [2.45, 2.75) is 37.5 Å². The van der Waals surface area contributed by atoms with Gasteiger partial charge in [-0.25, -0.2) is 0 Å². The van der Waals surface area contributed by atoms with E-state index in [2.05, 4.69) is 60.7 Å². The normalized spacial score (nSPS) is 39.1. The third-order valence-corrected chi connectivity index (χ3v) is 6.98. The lowest BCUT2D eigenvalue weighted by atomic mass is 9.62. The van der Waals surface area contributed by atoms with Crippen LogP contribution >= 0.6 is 0 Å². The average molecular weight is 288 g/mol. The molecule has 0 heterocycles. The van der Waals surface area contributed by atoms with E-state index < -0.39 is 0 Å². The molecule has 0 radical (unpaired) electrons. The summed E-state index contributed by atoms with van der Waals surface area (Å²) in [4.78, 5) is 0. The van der Waals surface area contributed by atoms with Crippen molar-refractivity contribution in [2.24, 2.45) is 23.7 Å². The molecule has 112 valence electrons. The maximum atomic E-state index is 2.39. The molecule has 2 aromatic carbocycles. The molecular formula is C22H24. The number of fused-ring (bicyclic) bond motifs is 6. The van der Waals surface area contributed by atoms with Gasteiger partial charge in [0.1, 0.15) is 0 Å². The largest absolute Gasteiger partial charge is 0.0622 e. The predicted octanol–water partition coefficient (Wildman–Crippen LogP) is 5.62. The lowest BCUT2D eigenvalue weighted by Crippen LogP contribution is -2.33. The SMILES string of the molecule is c1ccc(C2[C@H]3CC[C@H]2[C@H]2CC[C@@H]3C2c2ccccc2)cc1. The van der Waals surface area contributed by atoms with Crippen LogP contribution in [0, 0.1) is 23.7 Å². The zero-order valence-electron chi connectivity index (χ0n) is 13.1. The second kappa shape index (κ2) is 4.98. The molecule has 0 spiro atoms. The van der Waals surface area contributed by atoms with Crippen LogP contribution in [-0.2, 0) is 0 Å². The van der Waals surface area contributed by atoms with E-state index in [1.165, 1.54) is 25.7 Å². The van der Waals surface area contributed by atoms with E-state index in [1.54, 1.807) is 11.1 Å². The highest BCUT2D eigenvalue weighted by molar-refractivity contribution is 5.31. The van der Waals surface area contributed by atoms with Crippen molar-refractivity contribution in [1.29, 1.82) is 0 Å². The van der Waals surface area contributed by atoms with Gasteiger partial charge in [-0.2, -0.15) is 0 Å². The molecule has 0 N–H and O–H groups in total. The van der Waals surface area contributed by atoms with Gasteiger partial charge in [0.25, 0.3) is 0 Å². The van der Waals surface area contributed by atoms with E-state index in [4.69, 9.17) is 0 Å². The highest BCUT2D eigenvalue weighted by Gasteiger charge is 2.57. The van der Waals surface area contributed by atoms with E-state index in [0.717, 1.165) is 35.5 Å².